The van der Waals surface area contributed by atoms with Gasteiger partial charge in [-0.2, -0.15) is 0 Å². The van der Waals surface area contributed by atoms with E-state index in [0.717, 1.165) is 22.4 Å². The van der Waals surface area contributed by atoms with Crippen LogP contribution < -0.4 is 10.5 Å². The van der Waals surface area contributed by atoms with Crippen molar-refractivity contribution in [2.24, 2.45) is 5.73 Å². The van der Waals surface area contributed by atoms with Gasteiger partial charge >= 0.3 is 0 Å². The molecule has 0 aliphatic heterocycles. The number of aryl methyl sites for hydroxylation is 1. The van der Waals surface area contributed by atoms with Gasteiger partial charge in [-0.15, -0.1) is 0 Å². The number of rotatable bonds is 4. The van der Waals surface area contributed by atoms with Crippen LogP contribution in [0, 0.1) is 6.92 Å². The molecule has 0 amide bonds. The maximum Gasteiger partial charge on any atom is 0.132 e. The Bertz CT molecular complexity index is 596. The molecule has 2 aromatic carbocycles. The summed E-state index contributed by atoms with van der Waals surface area (Å²) < 4.78 is 5.84. The molecule has 2 aromatic rings. The van der Waals surface area contributed by atoms with Gasteiger partial charge in [-0.25, -0.2) is 0 Å². The average Bonchev–Trinajstić information content (AvgIpc) is 2.39. The minimum absolute atomic E-state index is 0.342. The van der Waals surface area contributed by atoms with Crippen molar-refractivity contribution >= 4 is 28.8 Å². The van der Waals surface area contributed by atoms with E-state index >= 15 is 0 Å². The Kier molecular flexibility index (Phi) is 4.40. The van der Waals surface area contributed by atoms with E-state index in [2.05, 4.69) is 0 Å². The standard InChI is InChI=1S/C15H14ClNOS/c1-10-3-2-4-13(15(17)19)14(10)18-9-11-5-7-12(16)8-6-11/h2-8H,9H2,1H3,(H2,17,19). The highest BCUT2D eigenvalue weighted by molar-refractivity contribution is 7.80. The van der Waals surface area contributed by atoms with E-state index in [-0.39, 0.29) is 0 Å². The largest absolute Gasteiger partial charge is 0.488 e. The Morgan fingerprint density at radius 2 is 1.89 bits per heavy atom. The number of halogens is 1. The van der Waals surface area contributed by atoms with Crippen LogP contribution in [0.15, 0.2) is 42.5 Å². The first kappa shape index (κ1) is 13.8. The smallest absolute Gasteiger partial charge is 0.132 e. The van der Waals surface area contributed by atoms with E-state index in [1.54, 1.807) is 0 Å². The molecule has 0 heterocycles. The summed E-state index contributed by atoms with van der Waals surface area (Å²) in [7, 11) is 0. The molecule has 2 nitrogen and oxygen atoms in total. The molecule has 0 fully saturated rings. The fourth-order valence-corrected chi connectivity index (χ4v) is 2.06. The average molecular weight is 292 g/mol. The first-order valence-electron chi connectivity index (χ1n) is 5.84. The van der Waals surface area contributed by atoms with E-state index in [9.17, 15) is 0 Å². The quantitative estimate of drug-likeness (QED) is 0.869. The van der Waals surface area contributed by atoms with Gasteiger partial charge in [0.15, 0.2) is 0 Å². The maximum absolute atomic E-state index is 5.85. The monoisotopic (exact) mass is 291 g/mol. The van der Waals surface area contributed by atoms with Gasteiger partial charge in [0.25, 0.3) is 0 Å². The number of para-hydroxylation sites is 1. The molecule has 98 valence electrons. The van der Waals surface area contributed by atoms with E-state index < -0.39 is 0 Å². The molecular weight excluding hydrogens is 278 g/mol. The van der Waals surface area contributed by atoms with E-state index in [1.165, 1.54) is 0 Å². The summed E-state index contributed by atoms with van der Waals surface area (Å²) in [5.74, 6) is 0.741. The molecule has 0 bridgehead atoms. The summed E-state index contributed by atoms with van der Waals surface area (Å²) in [6, 6.07) is 13.3. The lowest BCUT2D eigenvalue weighted by atomic mass is 10.1. The zero-order valence-electron chi connectivity index (χ0n) is 10.5. The predicted octanol–water partition coefficient (Wildman–Crippen LogP) is 3.86. The van der Waals surface area contributed by atoms with Crippen LogP contribution in [-0.4, -0.2) is 4.99 Å². The van der Waals surface area contributed by atoms with Crippen molar-refractivity contribution in [1.82, 2.24) is 0 Å². The molecule has 2 N–H and O–H groups in total. The summed E-state index contributed by atoms with van der Waals surface area (Å²) in [6.07, 6.45) is 0. The van der Waals surface area contributed by atoms with Gasteiger partial charge in [-0.1, -0.05) is 48.1 Å². The predicted molar refractivity (Wildman–Crippen MR) is 82.9 cm³/mol. The third kappa shape index (κ3) is 3.46. The van der Waals surface area contributed by atoms with E-state index in [1.807, 2.05) is 49.4 Å². The van der Waals surface area contributed by atoms with Crippen molar-refractivity contribution in [2.75, 3.05) is 0 Å². The first-order valence-corrected chi connectivity index (χ1v) is 6.63. The van der Waals surface area contributed by atoms with Crippen molar-refractivity contribution in [1.29, 1.82) is 0 Å². The fraction of sp³-hybridized carbons (Fsp3) is 0.133. The highest BCUT2D eigenvalue weighted by Gasteiger charge is 2.09. The summed E-state index contributed by atoms with van der Waals surface area (Å²) in [5.41, 5.74) is 8.53. The van der Waals surface area contributed by atoms with Gasteiger partial charge in [0.1, 0.15) is 17.3 Å². The molecule has 0 saturated carbocycles. The number of thiocarbonyl (C=S) groups is 1. The van der Waals surface area contributed by atoms with Gasteiger partial charge in [0.2, 0.25) is 0 Å². The van der Waals surface area contributed by atoms with Crippen LogP contribution in [0.1, 0.15) is 16.7 Å². The van der Waals surface area contributed by atoms with Crippen LogP contribution in [-0.2, 0) is 6.61 Å². The van der Waals surface area contributed by atoms with Gasteiger partial charge < -0.3 is 10.5 Å². The van der Waals surface area contributed by atoms with Gasteiger partial charge in [0.05, 0.1) is 5.56 Å². The van der Waals surface area contributed by atoms with Crippen molar-refractivity contribution in [3.8, 4) is 5.75 Å². The van der Waals surface area contributed by atoms with Crippen LogP contribution in [0.5, 0.6) is 5.75 Å². The second kappa shape index (κ2) is 6.04. The molecule has 0 aliphatic carbocycles. The summed E-state index contributed by atoms with van der Waals surface area (Å²) in [4.78, 5) is 0.342. The fourth-order valence-electron chi connectivity index (χ4n) is 1.77. The number of hydrogen-bond acceptors (Lipinski definition) is 2. The van der Waals surface area contributed by atoms with Gasteiger partial charge in [-0.3, -0.25) is 0 Å². The molecule has 0 atom stereocenters. The Balaban J connectivity index is 2.19. The zero-order chi connectivity index (χ0) is 13.8. The van der Waals surface area contributed by atoms with Gasteiger partial charge in [0, 0.05) is 5.02 Å². The van der Waals surface area contributed by atoms with Crippen LogP contribution in [0.2, 0.25) is 5.02 Å². The SMILES string of the molecule is Cc1cccc(C(N)=S)c1OCc1ccc(Cl)cc1. The molecule has 0 unspecified atom stereocenters. The summed E-state index contributed by atoms with van der Waals surface area (Å²) >= 11 is 10.9. The summed E-state index contributed by atoms with van der Waals surface area (Å²) in [5, 5.41) is 0.712. The van der Waals surface area contributed by atoms with Crippen molar-refractivity contribution in [2.45, 2.75) is 13.5 Å². The lowest BCUT2D eigenvalue weighted by Crippen LogP contribution is -2.12. The van der Waals surface area contributed by atoms with E-state index in [0.29, 0.717) is 16.6 Å². The van der Waals surface area contributed by atoms with Gasteiger partial charge in [-0.05, 0) is 36.2 Å². The molecule has 0 aliphatic rings. The number of benzene rings is 2. The van der Waals surface area contributed by atoms with Crippen LogP contribution >= 0.6 is 23.8 Å². The topological polar surface area (TPSA) is 35.2 Å². The number of hydrogen-bond donors (Lipinski definition) is 1. The molecule has 0 radical (unpaired) electrons. The third-order valence-corrected chi connectivity index (χ3v) is 3.25. The zero-order valence-corrected chi connectivity index (χ0v) is 12.1. The Labute approximate surface area is 123 Å². The third-order valence-electron chi connectivity index (χ3n) is 2.77. The maximum atomic E-state index is 5.85. The Morgan fingerprint density at radius 3 is 2.53 bits per heavy atom. The number of nitrogens with two attached hydrogens (primary N) is 1. The van der Waals surface area contributed by atoms with E-state index in [4.69, 9.17) is 34.3 Å². The Morgan fingerprint density at radius 1 is 1.21 bits per heavy atom. The van der Waals surface area contributed by atoms with Crippen molar-refractivity contribution in [3.63, 3.8) is 0 Å². The second-order valence-electron chi connectivity index (χ2n) is 4.23. The molecule has 2 rings (SSSR count). The van der Waals surface area contributed by atoms with Crippen LogP contribution in [0.25, 0.3) is 0 Å². The highest BCUT2D eigenvalue weighted by Crippen LogP contribution is 2.24. The van der Waals surface area contributed by atoms with Crippen molar-refractivity contribution < 1.29 is 4.74 Å². The molecule has 0 aromatic heterocycles. The molecule has 4 heteroatoms. The highest BCUT2D eigenvalue weighted by atomic mass is 35.5. The minimum Gasteiger partial charge on any atom is -0.488 e. The molecule has 0 saturated heterocycles. The first-order chi connectivity index (χ1) is 9.08. The summed E-state index contributed by atoms with van der Waals surface area (Å²) in [6.45, 7) is 2.43. The molecular formula is C15H14ClNOS. The lowest BCUT2D eigenvalue weighted by molar-refractivity contribution is 0.303. The van der Waals surface area contributed by atoms with Crippen LogP contribution in [0.3, 0.4) is 0 Å². The normalized spacial score (nSPS) is 10.2. The Hall–Kier alpha value is -1.58. The lowest BCUT2D eigenvalue weighted by Gasteiger charge is -2.13. The second-order valence-corrected chi connectivity index (χ2v) is 5.11. The van der Waals surface area contributed by atoms with Crippen molar-refractivity contribution in [3.05, 3.63) is 64.2 Å². The molecule has 0 spiro atoms. The minimum atomic E-state index is 0.342. The molecule has 19 heavy (non-hydrogen) atoms. The van der Waals surface area contributed by atoms with Crippen LogP contribution in [0.4, 0.5) is 0 Å². The number of ether oxygens (including phenoxy) is 1.